The van der Waals surface area contributed by atoms with Crippen LogP contribution in [0.25, 0.3) is 10.9 Å². The molecule has 104 valence electrons. The molecule has 0 amide bonds. The Labute approximate surface area is 117 Å². The average Bonchev–Trinajstić information content (AvgIpc) is 2.45. The Hall–Kier alpha value is -2.10. The lowest BCUT2D eigenvalue weighted by molar-refractivity contribution is 0.0695. The zero-order valence-corrected chi connectivity index (χ0v) is 11.4. The van der Waals surface area contributed by atoms with Gasteiger partial charge in [-0.25, -0.2) is 9.78 Å². The number of fused-ring (bicyclic) bond motifs is 3. The van der Waals surface area contributed by atoms with Crippen LogP contribution in [-0.4, -0.2) is 21.2 Å². The van der Waals surface area contributed by atoms with E-state index in [9.17, 15) is 15.0 Å². The third-order valence-electron chi connectivity index (χ3n) is 4.08. The minimum Gasteiger partial charge on any atom is -0.505 e. The minimum absolute atomic E-state index is 0.0137. The molecule has 0 atom stereocenters. The summed E-state index contributed by atoms with van der Waals surface area (Å²) < 4.78 is 0. The lowest BCUT2D eigenvalue weighted by Gasteiger charge is -2.19. The van der Waals surface area contributed by atoms with Crippen LogP contribution in [0.5, 0.6) is 5.75 Å². The molecule has 1 aromatic carbocycles. The monoisotopic (exact) mass is 271 g/mol. The number of nitrogens with zero attached hydrogens (tertiary/aromatic N) is 1. The number of rotatable bonds is 2. The molecule has 2 aromatic rings. The number of aromatic carboxylic acids is 1. The van der Waals surface area contributed by atoms with Gasteiger partial charge in [-0.2, -0.15) is 0 Å². The minimum atomic E-state index is -1.10. The van der Waals surface area contributed by atoms with Gasteiger partial charge in [0, 0.05) is 5.39 Å². The molecule has 0 spiro atoms. The summed E-state index contributed by atoms with van der Waals surface area (Å²) in [5.41, 5.74) is 3.63. The first-order valence-electron chi connectivity index (χ1n) is 7.03. The van der Waals surface area contributed by atoms with Crippen LogP contribution in [0.1, 0.15) is 46.9 Å². The molecule has 0 radical (unpaired) electrons. The molecule has 0 saturated carbocycles. The van der Waals surface area contributed by atoms with E-state index in [1.807, 2.05) is 13.0 Å². The van der Waals surface area contributed by atoms with Gasteiger partial charge in [-0.1, -0.05) is 19.1 Å². The Kier molecular flexibility index (Phi) is 3.08. The molecule has 20 heavy (non-hydrogen) atoms. The van der Waals surface area contributed by atoms with Crippen LogP contribution in [0.4, 0.5) is 0 Å². The van der Waals surface area contributed by atoms with Gasteiger partial charge in [-0.15, -0.1) is 0 Å². The van der Waals surface area contributed by atoms with Crippen molar-refractivity contribution in [3.63, 3.8) is 0 Å². The fourth-order valence-electron chi connectivity index (χ4n) is 3.06. The van der Waals surface area contributed by atoms with Crippen LogP contribution in [0.2, 0.25) is 0 Å². The molecule has 4 nitrogen and oxygen atoms in total. The number of pyridine rings is 1. The predicted molar refractivity (Wildman–Crippen MR) is 76.4 cm³/mol. The summed E-state index contributed by atoms with van der Waals surface area (Å²) in [4.78, 5) is 16.0. The topological polar surface area (TPSA) is 70.4 Å². The van der Waals surface area contributed by atoms with Gasteiger partial charge in [-0.05, 0) is 43.2 Å². The number of benzene rings is 1. The van der Waals surface area contributed by atoms with Gasteiger partial charge < -0.3 is 10.2 Å². The molecule has 0 fully saturated rings. The van der Waals surface area contributed by atoms with E-state index in [2.05, 4.69) is 4.98 Å². The molecule has 1 aromatic heterocycles. The molecular weight excluding hydrogens is 254 g/mol. The molecule has 4 heteroatoms. The first kappa shape index (κ1) is 12.9. The van der Waals surface area contributed by atoms with E-state index < -0.39 is 5.97 Å². The van der Waals surface area contributed by atoms with Gasteiger partial charge in [0.25, 0.3) is 0 Å². The number of hydrogen-bond acceptors (Lipinski definition) is 3. The Bertz CT molecular complexity index is 707. The van der Waals surface area contributed by atoms with Crippen molar-refractivity contribution in [3.8, 4) is 5.75 Å². The molecule has 1 heterocycles. The van der Waals surface area contributed by atoms with E-state index >= 15 is 0 Å². The van der Waals surface area contributed by atoms with Crippen LogP contribution in [0, 0.1) is 0 Å². The molecule has 0 unspecified atom stereocenters. The number of carboxylic acids is 1. The normalized spacial score (nSPS) is 14.2. The maximum Gasteiger partial charge on any atom is 0.340 e. The quantitative estimate of drug-likeness (QED) is 0.880. The lowest BCUT2D eigenvalue weighted by Crippen LogP contribution is -2.08. The standard InChI is InChI=1S/C16H17NO3/c1-2-12-15(18)13(16(19)20)11-8-7-9-5-3-4-6-10(9)14(11)17-12/h7-8,18H,2-6H2,1H3,(H,19,20). The van der Waals surface area contributed by atoms with E-state index in [1.54, 1.807) is 6.07 Å². The summed E-state index contributed by atoms with van der Waals surface area (Å²) in [6.07, 6.45) is 4.76. The Morgan fingerprint density at radius 3 is 2.75 bits per heavy atom. The highest BCUT2D eigenvalue weighted by molar-refractivity contribution is 6.06. The number of aromatic nitrogens is 1. The first-order chi connectivity index (χ1) is 9.63. The fraction of sp³-hybridized carbons (Fsp3) is 0.375. The second kappa shape index (κ2) is 4.78. The predicted octanol–water partition coefficient (Wildman–Crippen LogP) is 3.08. The van der Waals surface area contributed by atoms with Gasteiger partial charge >= 0.3 is 5.97 Å². The number of aryl methyl sites for hydroxylation is 3. The van der Waals surface area contributed by atoms with Gasteiger partial charge in [0.05, 0.1) is 11.2 Å². The van der Waals surface area contributed by atoms with Gasteiger partial charge in [0.1, 0.15) is 5.56 Å². The number of aromatic hydroxyl groups is 1. The van der Waals surface area contributed by atoms with Crippen LogP contribution in [0.15, 0.2) is 12.1 Å². The maximum atomic E-state index is 11.5. The average molecular weight is 271 g/mol. The van der Waals surface area contributed by atoms with E-state index in [0.29, 0.717) is 17.5 Å². The SMILES string of the molecule is CCc1nc2c3c(ccc2c(C(=O)O)c1O)CCCC3. The molecule has 1 aliphatic carbocycles. The fourth-order valence-corrected chi connectivity index (χ4v) is 3.06. The first-order valence-corrected chi connectivity index (χ1v) is 7.03. The van der Waals surface area contributed by atoms with Crippen molar-refractivity contribution < 1.29 is 15.0 Å². The zero-order chi connectivity index (χ0) is 14.3. The number of carboxylic acid groups (broad SMARTS) is 1. The van der Waals surface area contributed by atoms with Crippen molar-refractivity contribution in [2.75, 3.05) is 0 Å². The molecule has 3 rings (SSSR count). The zero-order valence-electron chi connectivity index (χ0n) is 11.4. The molecular formula is C16H17NO3. The molecule has 0 saturated heterocycles. The third kappa shape index (κ3) is 1.83. The number of hydrogen-bond donors (Lipinski definition) is 2. The van der Waals surface area contributed by atoms with Crippen molar-refractivity contribution in [1.82, 2.24) is 4.98 Å². The summed E-state index contributed by atoms with van der Waals surface area (Å²) in [5, 5.41) is 20.1. The molecule has 0 bridgehead atoms. The lowest BCUT2D eigenvalue weighted by atomic mass is 9.88. The Balaban J connectivity index is 2.41. The highest BCUT2D eigenvalue weighted by Crippen LogP contribution is 2.34. The third-order valence-corrected chi connectivity index (χ3v) is 4.08. The highest BCUT2D eigenvalue weighted by atomic mass is 16.4. The second-order valence-electron chi connectivity index (χ2n) is 5.25. The summed E-state index contributed by atoms with van der Waals surface area (Å²) in [5.74, 6) is -1.29. The van der Waals surface area contributed by atoms with Crippen molar-refractivity contribution in [3.05, 3.63) is 34.5 Å². The van der Waals surface area contributed by atoms with Crippen molar-refractivity contribution >= 4 is 16.9 Å². The van der Waals surface area contributed by atoms with E-state index in [0.717, 1.165) is 30.3 Å². The van der Waals surface area contributed by atoms with Gasteiger partial charge in [0.15, 0.2) is 5.75 Å². The summed E-state index contributed by atoms with van der Waals surface area (Å²) in [6.45, 7) is 1.87. The molecule has 2 N–H and O–H groups in total. The Morgan fingerprint density at radius 1 is 1.30 bits per heavy atom. The van der Waals surface area contributed by atoms with Crippen molar-refractivity contribution in [2.24, 2.45) is 0 Å². The summed E-state index contributed by atoms with van der Waals surface area (Å²) >= 11 is 0. The smallest absolute Gasteiger partial charge is 0.340 e. The summed E-state index contributed by atoms with van der Waals surface area (Å²) in [6, 6.07) is 3.77. The molecule has 1 aliphatic rings. The van der Waals surface area contributed by atoms with E-state index in [1.165, 1.54) is 12.0 Å². The Morgan fingerprint density at radius 2 is 2.05 bits per heavy atom. The molecule has 0 aliphatic heterocycles. The largest absolute Gasteiger partial charge is 0.505 e. The van der Waals surface area contributed by atoms with Gasteiger partial charge in [0.2, 0.25) is 0 Å². The van der Waals surface area contributed by atoms with Crippen LogP contribution in [0.3, 0.4) is 0 Å². The van der Waals surface area contributed by atoms with Crippen LogP contribution in [-0.2, 0) is 19.3 Å². The summed E-state index contributed by atoms with van der Waals surface area (Å²) in [7, 11) is 0. The maximum absolute atomic E-state index is 11.5. The second-order valence-corrected chi connectivity index (χ2v) is 5.25. The van der Waals surface area contributed by atoms with E-state index in [4.69, 9.17) is 0 Å². The highest BCUT2D eigenvalue weighted by Gasteiger charge is 2.22. The van der Waals surface area contributed by atoms with Gasteiger partial charge in [-0.3, -0.25) is 0 Å². The van der Waals surface area contributed by atoms with Crippen molar-refractivity contribution in [2.45, 2.75) is 39.0 Å². The van der Waals surface area contributed by atoms with Crippen molar-refractivity contribution in [1.29, 1.82) is 0 Å². The van der Waals surface area contributed by atoms with E-state index in [-0.39, 0.29) is 11.3 Å². The van der Waals surface area contributed by atoms with Crippen LogP contribution < -0.4 is 0 Å². The van der Waals surface area contributed by atoms with Crippen LogP contribution >= 0.6 is 0 Å². The number of carbonyl (C=O) groups is 1.